The first-order chi connectivity index (χ1) is 23.4. The van der Waals surface area contributed by atoms with Gasteiger partial charge in [0.2, 0.25) is 0 Å². The van der Waals surface area contributed by atoms with E-state index in [2.05, 4.69) is 9.80 Å². The standard InChI is InChI=1S/C42H43FN2O3/c43-37-27-31(29-44-25-13-23-38(44)41(47,33-15-5-1-6-16-33)34-17-7-2-8-18-34)40(46)32(28-37)30-45-26-14-24-39(45)42(48,35-19-9-3-10-20-35)36-21-11-4-12-22-36/h1-12,15-22,27-28,38-39,46-48H,13-14,23-26,29-30H2/t38-,39-/m1/s1. The lowest BCUT2D eigenvalue weighted by molar-refractivity contribution is -0.00737. The molecule has 5 aromatic rings. The second-order valence-electron chi connectivity index (χ2n) is 13.3. The third kappa shape index (κ3) is 5.95. The molecule has 0 saturated carbocycles. The van der Waals surface area contributed by atoms with Gasteiger partial charge in [0.25, 0.3) is 0 Å². The summed E-state index contributed by atoms with van der Waals surface area (Å²) in [5.41, 5.74) is 1.65. The van der Waals surface area contributed by atoms with Crippen LogP contribution in [0.3, 0.4) is 0 Å². The summed E-state index contributed by atoms with van der Waals surface area (Å²) >= 11 is 0. The molecule has 2 fully saturated rings. The van der Waals surface area contributed by atoms with Crippen LogP contribution in [-0.2, 0) is 24.3 Å². The molecule has 0 radical (unpaired) electrons. The Kier molecular flexibility index (Phi) is 9.17. The number of aromatic hydroxyl groups is 1. The molecule has 48 heavy (non-hydrogen) atoms. The first kappa shape index (κ1) is 32.2. The number of benzene rings is 5. The number of aliphatic hydroxyl groups is 2. The van der Waals surface area contributed by atoms with Crippen LogP contribution in [-0.4, -0.2) is 50.3 Å². The predicted octanol–water partition coefficient (Wildman–Crippen LogP) is 7.33. The second kappa shape index (κ2) is 13.7. The summed E-state index contributed by atoms with van der Waals surface area (Å²) < 4.78 is 15.4. The van der Waals surface area contributed by atoms with Crippen LogP contribution in [0.25, 0.3) is 0 Å². The fourth-order valence-electron chi connectivity index (χ4n) is 8.25. The topological polar surface area (TPSA) is 67.2 Å². The number of nitrogens with zero attached hydrogens (tertiary/aromatic N) is 2. The molecule has 5 aromatic carbocycles. The number of hydrogen-bond acceptors (Lipinski definition) is 5. The highest BCUT2D eigenvalue weighted by Crippen LogP contribution is 2.43. The highest BCUT2D eigenvalue weighted by atomic mass is 19.1. The van der Waals surface area contributed by atoms with Crippen molar-refractivity contribution in [2.24, 2.45) is 0 Å². The lowest BCUT2D eigenvalue weighted by atomic mass is 9.79. The van der Waals surface area contributed by atoms with Gasteiger partial charge in [0, 0.05) is 36.3 Å². The molecule has 6 heteroatoms. The fraction of sp³-hybridized carbons (Fsp3) is 0.286. The maximum Gasteiger partial charge on any atom is 0.130 e. The molecule has 2 atom stereocenters. The SMILES string of the molecule is Oc1c(CN2CCC[C@@H]2C(O)(c2ccccc2)c2ccccc2)cc(F)cc1CN1CCC[C@@H]1C(O)(c1ccccc1)c1ccccc1. The Labute approximate surface area is 282 Å². The van der Waals surface area contributed by atoms with Gasteiger partial charge in [-0.05, 0) is 73.2 Å². The monoisotopic (exact) mass is 642 g/mol. The summed E-state index contributed by atoms with van der Waals surface area (Å²) in [5, 5.41) is 36.8. The van der Waals surface area contributed by atoms with E-state index in [1.807, 2.05) is 121 Å². The quantitative estimate of drug-likeness (QED) is 0.149. The Morgan fingerprint density at radius 1 is 0.542 bits per heavy atom. The molecule has 0 aromatic heterocycles. The van der Waals surface area contributed by atoms with E-state index in [1.54, 1.807) is 0 Å². The summed E-state index contributed by atoms with van der Waals surface area (Å²) in [6, 6.07) is 41.3. The van der Waals surface area contributed by atoms with Crippen LogP contribution in [0.5, 0.6) is 5.75 Å². The Morgan fingerprint density at radius 3 is 1.17 bits per heavy atom. The van der Waals surface area contributed by atoms with Gasteiger partial charge in [0.05, 0.1) is 0 Å². The average molecular weight is 643 g/mol. The molecule has 2 heterocycles. The van der Waals surface area contributed by atoms with Gasteiger partial charge in [-0.15, -0.1) is 0 Å². The van der Waals surface area contributed by atoms with Gasteiger partial charge >= 0.3 is 0 Å². The van der Waals surface area contributed by atoms with Crippen LogP contribution in [0.15, 0.2) is 133 Å². The van der Waals surface area contributed by atoms with Crippen molar-refractivity contribution in [2.75, 3.05) is 13.1 Å². The van der Waals surface area contributed by atoms with Gasteiger partial charge in [-0.25, -0.2) is 4.39 Å². The van der Waals surface area contributed by atoms with E-state index in [0.717, 1.165) is 47.9 Å². The zero-order valence-corrected chi connectivity index (χ0v) is 27.1. The molecule has 0 bridgehead atoms. The van der Waals surface area contributed by atoms with Gasteiger partial charge in [-0.3, -0.25) is 9.80 Å². The van der Waals surface area contributed by atoms with Crippen LogP contribution in [0.1, 0.15) is 59.1 Å². The van der Waals surface area contributed by atoms with Crippen molar-refractivity contribution in [3.05, 3.63) is 173 Å². The first-order valence-electron chi connectivity index (χ1n) is 17.0. The Morgan fingerprint density at radius 2 is 0.854 bits per heavy atom. The molecule has 246 valence electrons. The van der Waals surface area contributed by atoms with Crippen molar-refractivity contribution in [1.29, 1.82) is 0 Å². The molecular formula is C42H43FN2O3. The fourth-order valence-corrected chi connectivity index (χ4v) is 8.25. The molecule has 2 aliphatic heterocycles. The Balaban J connectivity index is 1.19. The smallest absolute Gasteiger partial charge is 0.130 e. The van der Waals surface area contributed by atoms with Crippen LogP contribution in [0, 0.1) is 5.82 Å². The molecule has 0 amide bonds. The largest absolute Gasteiger partial charge is 0.507 e. The van der Waals surface area contributed by atoms with Crippen molar-refractivity contribution in [3.8, 4) is 5.75 Å². The van der Waals surface area contributed by atoms with Gasteiger partial charge in [0.1, 0.15) is 22.8 Å². The highest BCUT2D eigenvalue weighted by Gasteiger charge is 2.47. The molecule has 0 spiro atoms. The number of phenolic OH excluding ortho intramolecular Hbond substituents is 1. The summed E-state index contributed by atoms with van der Waals surface area (Å²) in [4.78, 5) is 4.36. The van der Waals surface area contributed by atoms with Crippen LogP contribution >= 0.6 is 0 Å². The minimum atomic E-state index is -1.28. The molecule has 2 saturated heterocycles. The lowest BCUT2D eigenvalue weighted by Gasteiger charge is -2.41. The van der Waals surface area contributed by atoms with Crippen molar-refractivity contribution in [2.45, 2.75) is 62.1 Å². The number of rotatable bonds is 10. The second-order valence-corrected chi connectivity index (χ2v) is 13.3. The van der Waals surface area contributed by atoms with Crippen LogP contribution < -0.4 is 0 Å². The summed E-state index contributed by atoms with van der Waals surface area (Å²) in [5.74, 6) is -0.342. The molecule has 5 nitrogen and oxygen atoms in total. The van der Waals surface area contributed by atoms with Crippen molar-refractivity contribution < 1.29 is 19.7 Å². The maximum atomic E-state index is 15.4. The first-order valence-corrected chi connectivity index (χ1v) is 17.0. The van der Waals surface area contributed by atoms with Gasteiger partial charge in [-0.1, -0.05) is 121 Å². The van der Waals surface area contributed by atoms with Crippen molar-refractivity contribution >= 4 is 0 Å². The Hall–Kier alpha value is -4.33. The van der Waals surface area contributed by atoms with E-state index in [4.69, 9.17) is 0 Å². The van der Waals surface area contributed by atoms with Crippen LogP contribution in [0.4, 0.5) is 4.39 Å². The van der Waals surface area contributed by atoms with Gasteiger partial charge < -0.3 is 15.3 Å². The van der Waals surface area contributed by atoms with Crippen LogP contribution in [0.2, 0.25) is 0 Å². The van der Waals surface area contributed by atoms with E-state index in [0.29, 0.717) is 37.3 Å². The third-order valence-electron chi connectivity index (χ3n) is 10.5. The molecule has 0 aliphatic carbocycles. The predicted molar refractivity (Wildman–Crippen MR) is 187 cm³/mol. The lowest BCUT2D eigenvalue weighted by Crippen LogP contribution is -2.48. The summed E-state index contributed by atoms with van der Waals surface area (Å²) in [7, 11) is 0. The van der Waals surface area contributed by atoms with E-state index < -0.39 is 17.0 Å². The minimum Gasteiger partial charge on any atom is -0.507 e. The Bertz CT molecular complexity index is 1590. The summed E-state index contributed by atoms with van der Waals surface area (Å²) in [6.45, 7) is 2.02. The number of hydrogen-bond donors (Lipinski definition) is 3. The zero-order valence-electron chi connectivity index (χ0n) is 27.1. The average Bonchev–Trinajstić information content (AvgIpc) is 3.81. The summed E-state index contributed by atoms with van der Waals surface area (Å²) in [6.07, 6.45) is 3.28. The van der Waals surface area contributed by atoms with Gasteiger partial charge in [0.15, 0.2) is 0 Å². The van der Waals surface area contributed by atoms with Crippen molar-refractivity contribution in [1.82, 2.24) is 9.80 Å². The van der Waals surface area contributed by atoms with E-state index in [-0.39, 0.29) is 17.8 Å². The molecule has 7 rings (SSSR count). The maximum absolute atomic E-state index is 15.4. The number of halogens is 1. The van der Waals surface area contributed by atoms with E-state index in [9.17, 15) is 15.3 Å². The van der Waals surface area contributed by atoms with E-state index in [1.165, 1.54) is 12.1 Å². The minimum absolute atomic E-state index is 0.0682. The third-order valence-corrected chi connectivity index (χ3v) is 10.5. The number of phenols is 1. The molecule has 3 N–H and O–H groups in total. The molecule has 2 aliphatic rings. The zero-order chi connectivity index (χ0) is 33.1. The van der Waals surface area contributed by atoms with E-state index >= 15 is 4.39 Å². The normalized spacial score (nSPS) is 19.1. The molecular weight excluding hydrogens is 599 g/mol. The number of likely N-dealkylation sites (tertiary alicyclic amines) is 2. The highest BCUT2D eigenvalue weighted by molar-refractivity contribution is 5.44. The van der Waals surface area contributed by atoms with Gasteiger partial charge in [-0.2, -0.15) is 0 Å². The molecule has 0 unspecified atom stereocenters. The van der Waals surface area contributed by atoms with Crippen molar-refractivity contribution in [3.63, 3.8) is 0 Å².